The molecule has 1 saturated heterocycles. The maximum absolute atomic E-state index is 12.3. The fraction of sp³-hybridized carbons (Fsp3) is 0.867. The molecular formula is C15H26O9S2. The number of carbonyl (C=O) groups excluding carboxylic acids is 2. The van der Waals surface area contributed by atoms with Gasteiger partial charge < -0.3 is 34.6 Å². The van der Waals surface area contributed by atoms with Crippen LogP contribution in [0.2, 0.25) is 0 Å². The topological polar surface area (TPSA) is 143 Å². The molecule has 152 valence electrons. The van der Waals surface area contributed by atoms with E-state index in [-0.39, 0.29) is 13.0 Å². The predicted molar refractivity (Wildman–Crippen MR) is 95.2 cm³/mol. The molecule has 1 rings (SSSR count). The molecule has 4 N–H and O–H groups in total. The lowest BCUT2D eigenvalue weighted by Gasteiger charge is -2.38. The molecule has 0 aromatic heterocycles. The molecule has 0 aliphatic carbocycles. The lowest BCUT2D eigenvalue weighted by atomic mass is 9.99. The van der Waals surface area contributed by atoms with E-state index in [0.29, 0.717) is 0 Å². The van der Waals surface area contributed by atoms with Gasteiger partial charge in [-0.25, -0.2) is 0 Å². The van der Waals surface area contributed by atoms with Crippen LogP contribution in [0, 0.1) is 5.92 Å². The second-order valence-corrected chi connectivity index (χ2v) is 8.48. The number of rotatable bonds is 9. The monoisotopic (exact) mass is 414 g/mol. The third-order valence-corrected chi connectivity index (χ3v) is 5.89. The van der Waals surface area contributed by atoms with E-state index < -0.39 is 60.4 Å². The van der Waals surface area contributed by atoms with E-state index in [1.807, 2.05) is 0 Å². The third-order valence-electron chi connectivity index (χ3n) is 3.81. The maximum atomic E-state index is 12.3. The minimum Gasteiger partial charge on any atom is -0.466 e. The molecule has 0 bridgehead atoms. The van der Waals surface area contributed by atoms with E-state index in [1.54, 1.807) is 20.1 Å². The molecule has 26 heavy (non-hydrogen) atoms. The van der Waals surface area contributed by atoms with Gasteiger partial charge in [0.15, 0.2) is 6.29 Å². The number of aliphatic hydroxyl groups excluding tert-OH is 4. The van der Waals surface area contributed by atoms with Crippen molar-refractivity contribution >= 4 is 33.5 Å². The van der Waals surface area contributed by atoms with Crippen molar-refractivity contribution in [1.82, 2.24) is 0 Å². The first kappa shape index (κ1) is 23.5. The summed E-state index contributed by atoms with van der Waals surface area (Å²) < 4.78 is 15.0. The Labute approximate surface area is 159 Å². The number of esters is 2. The fourth-order valence-electron chi connectivity index (χ4n) is 2.32. The largest absolute Gasteiger partial charge is 0.466 e. The number of hydrogen-bond donors (Lipinski definition) is 4. The van der Waals surface area contributed by atoms with Gasteiger partial charge in [-0.05, 0) is 19.6 Å². The van der Waals surface area contributed by atoms with Gasteiger partial charge >= 0.3 is 11.9 Å². The van der Waals surface area contributed by atoms with Crippen molar-refractivity contribution < 1.29 is 44.2 Å². The molecule has 0 saturated carbocycles. The van der Waals surface area contributed by atoms with E-state index in [0.717, 1.165) is 0 Å². The zero-order valence-electron chi connectivity index (χ0n) is 14.8. The first-order valence-electron chi connectivity index (χ1n) is 8.13. The van der Waals surface area contributed by atoms with Gasteiger partial charge in [-0.1, -0.05) is 28.5 Å². The number of ether oxygens (including phenoxy) is 3. The number of hydrogen-bond acceptors (Lipinski definition) is 11. The van der Waals surface area contributed by atoms with Crippen molar-refractivity contribution in [3.05, 3.63) is 0 Å². The molecule has 1 fully saturated rings. The van der Waals surface area contributed by atoms with Crippen LogP contribution in [0.4, 0.5) is 0 Å². The van der Waals surface area contributed by atoms with Crippen molar-refractivity contribution in [2.75, 3.05) is 19.5 Å². The van der Waals surface area contributed by atoms with Crippen LogP contribution in [0.3, 0.4) is 0 Å². The first-order chi connectivity index (χ1) is 12.2. The number of carbonyl (C=O) groups is 2. The van der Waals surface area contributed by atoms with Crippen LogP contribution in [0.5, 0.6) is 0 Å². The van der Waals surface area contributed by atoms with Crippen LogP contribution >= 0.6 is 21.6 Å². The van der Waals surface area contributed by atoms with Gasteiger partial charge in [-0.15, -0.1) is 0 Å². The Kier molecular flexibility index (Phi) is 10.2. The van der Waals surface area contributed by atoms with Crippen LogP contribution in [0.15, 0.2) is 0 Å². The summed E-state index contributed by atoms with van der Waals surface area (Å²) in [6.45, 7) is 3.19. The van der Waals surface area contributed by atoms with Crippen molar-refractivity contribution in [3.63, 3.8) is 0 Å². The average Bonchev–Trinajstić information content (AvgIpc) is 2.61. The van der Waals surface area contributed by atoms with Crippen LogP contribution in [0.1, 0.15) is 20.3 Å². The van der Waals surface area contributed by atoms with Crippen LogP contribution in [-0.2, 0) is 23.8 Å². The Morgan fingerprint density at radius 3 is 2.31 bits per heavy atom. The maximum Gasteiger partial charge on any atom is 0.320 e. The van der Waals surface area contributed by atoms with E-state index in [1.165, 1.54) is 21.6 Å². The van der Waals surface area contributed by atoms with Crippen LogP contribution in [-0.4, -0.2) is 87.8 Å². The molecule has 11 heteroatoms. The van der Waals surface area contributed by atoms with E-state index in [4.69, 9.17) is 14.2 Å². The van der Waals surface area contributed by atoms with Crippen LogP contribution in [0.25, 0.3) is 0 Å². The highest BCUT2D eigenvalue weighted by atomic mass is 33.1. The van der Waals surface area contributed by atoms with Crippen LogP contribution < -0.4 is 0 Å². The highest BCUT2D eigenvalue weighted by molar-refractivity contribution is 8.76. The average molecular weight is 414 g/mol. The molecule has 0 aromatic carbocycles. The predicted octanol–water partition coefficient (Wildman–Crippen LogP) is -0.701. The molecule has 1 aliphatic rings. The van der Waals surface area contributed by atoms with Gasteiger partial charge in [0.05, 0.1) is 12.5 Å². The fourth-order valence-corrected chi connectivity index (χ4v) is 4.23. The second-order valence-electron chi connectivity index (χ2n) is 5.81. The molecule has 0 aromatic rings. The SMILES string of the molecule is CCOC(=O)C(C)CC(SSC)C(=O)OCC1O[C@H](O)C(O)[C@@H](O)[C@@H]1O. The highest BCUT2D eigenvalue weighted by Crippen LogP contribution is 2.30. The van der Waals surface area contributed by atoms with Crippen molar-refractivity contribution in [2.24, 2.45) is 5.92 Å². The molecule has 9 nitrogen and oxygen atoms in total. The first-order valence-corrected chi connectivity index (χ1v) is 10.7. The summed E-state index contributed by atoms with van der Waals surface area (Å²) in [6, 6.07) is 0. The Morgan fingerprint density at radius 1 is 1.08 bits per heavy atom. The zero-order chi connectivity index (χ0) is 19.9. The van der Waals surface area contributed by atoms with Crippen molar-refractivity contribution in [3.8, 4) is 0 Å². The normalized spacial score (nSPS) is 31.1. The summed E-state index contributed by atoms with van der Waals surface area (Å²) in [6.07, 6.45) is -5.69. The molecular weight excluding hydrogens is 388 g/mol. The van der Waals surface area contributed by atoms with Gasteiger partial charge in [0.25, 0.3) is 0 Å². The Balaban J connectivity index is 2.60. The van der Waals surface area contributed by atoms with E-state index in [9.17, 15) is 30.0 Å². The third kappa shape index (κ3) is 6.55. The van der Waals surface area contributed by atoms with Gasteiger partial charge in [0.1, 0.15) is 36.3 Å². The summed E-state index contributed by atoms with van der Waals surface area (Å²) in [5.74, 6) is -1.52. The summed E-state index contributed by atoms with van der Waals surface area (Å²) in [4.78, 5) is 24.0. The molecule has 7 atom stereocenters. The lowest BCUT2D eigenvalue weighted by Crippen LogP contribution is -2.58. The van der Waals surface area contributed by atoms with Gasteiger partial charge in [0, 0.05) is 0 Å². The number of aliphatic hydroxyl groups is 4. The minimum atomic E-state index is -1.70. The molecule has 0 radical (unpaired) electrons. The lowest BCUT2D eigenvalue weighted by molar-refractivity contribution is -0.287. The Morgan fingerprint density at radius 2 is 1.73 bits per heavy atom. The van der Waals surface area contributed by atoms with Crippen molar-refractivity contribution in [2.45, 2.75) is 56.2 Å². The minimum absolute atomic E-state index is 0.210. The van der Waals surface area contributed by atoms with E-state index >= 15 is 0 Å². The Hall–Kier alpha value is -0.560. The van der Waals surface area contributed by atoms with Gasteiger partial charge in [-0.3, -0.25) is 9.59 Å². The molecule has 0 spiro atoms. The highest BCUT2D eigenvalue weighted by Gasteiger charge is 2.43. The quantitative estimate of drug-likeness (QED) is 0.281. The van der Waals surface area contributed by atoms with Gasteiger partial charge in [0.2, 0.25) is 0 Å². The smallest absolute Gasteiger partial charge is 0.320 e. The molecule has 4 unspecified atom stereocenters. The zero-order valence-corrected chi connectivity index (χ0v) is 16.4. The standard InChI is InChI=1S/C15H26O9S2/c1-4-22-13(19)7(2)5-9(26-25-3)14(20)23-6-8-10(16)11(17)12(18)15(21)24-8/h7-12,15-18,21H,4-6H2,1-3H3/t7?,8?,9?,10-,11+,12?,15+/m1/s1. The molecule has 0 amide bonds. The molecule has 1 heterocycles. The summed E-state index contributed by atoms with van der Waals surface area (Å²) >= 11 is 0. The Bertz CT molecular complexity index is 464. The molecule has 1 aliphatic heterocycles. The summed E-state index contributed by atoms with van der Waals surface area (Å²) in [7, 11) is 2.57. The summed E-state index contributed by atoms with van der Waals surface area (Å²) in [5.41, 5.74) is 0. The second kappa shape index (κ2) is 11.3. The van der Waals surface area contributed by atoms with E-state index in [2.05, 4.69) is 0 Å². The summed E-state index contributed by atoms with van der Waals surface area (Å²) in [5, 5.41) is 37.7. The van der Waals surface area contributed by atoms with Gasteiger partial charge in [-0.2, -0.15) is 0 Å². The van der Waals surface area contributed by atoms with Crippen molar-refractivity contribution in [1.29, 1.82) is 0 Å².